The molecule has 0 amide bonds. The lowest BCUT2D eigenvalue weighted by molar-refractivity contribution is 0.112. The van der Waals surface area contributed by atoms with Crippen LogP contribution in [0.1, 0.15) is 48.9 Å². The number of fused-ring (bicyclic) bond motifs is 1. The first kappa shape index (κ1) is 27.6. The van der Waals surface area contributed by atoms with E-state index in [2.05, 4.69) is 38.0 Å². The number of benzene rings is 2. The fraction of sp³-hybridized carbons (Fsp3) is 0.280. The highest BCUT2D eigenvalue weighted by molar-refractivity contribution is 6.36. The SMILES string of the molecule is C.CCc1ccc2[nH]ncc2c1Cl.CNc1cccc(C2N=C(C)ON2)c1.Cn1cc(C=O)cn1. The molecule has 3 N–H and O–H groups in total. The van der Waals surface area contributed by atoms with Crippen LogP contribution in [0.5, 0.6) is 0 Å². The van der Waals surface area contributed by atoms with Crippen molar-refractivity contribution in [3.63, 3.8) is 0 Å². The molecule has 35 heavy (non-hydrogen) atoms. The number of halogens is 1. The van der Waals surface area contributed by atoms with Crippen molar-refractivity contribution in [1.29, 1.82) is 0 Å². The molecular weight excluding hydrogens is 466 g/mol. The van der Waals surface area contributed by atoms with Crippen molar-refractivity contribution in [2.45, 2.75) is 33.9 Å². The molecule has 0 bridgehead atoms. The molecule has 5 rings (SSSR count). The van der Waals surface area contributed by atoms with Crippen molar-refractivity contribution >= 4 is 40.4 Å². The molecular formula is C25H32ClN7O2. The van der Waals surface area contributed by atoms with Gasteiger partial charge in [-0.05, 0) is 35.7 Å². The van der Waals surface area contributed by atoms with Gasteiger partial charge in [-0.3, -0.25) is 14.6 Å². The summed E-state index contributed by atoms with van der Waals surface area (Å²) < 4.78 is 1.59. The van der Waals surface area contributed by atoms with Crippen LogP contribution in [0.2, 0.25) is 5.02 Å². The molecule has 2 aromatic carbocycles. The van der Waals surface area contributed by atoms with E-state index in [1.165, 1.54) is 11.8 Å². The van der Waals surface area contributed by atoms with Gasteiger partial charge in [0.05, 0.1) is 28.5 Å². The number of aromatic amines is 1. The number of nitrogens with one attached hydrogen (secondary N) is 3. The van der Waals surface area contributed by atoms with Crippen LogP contribution in [0.25, 0.3) is 10.9 Å². The van der Waals surface area contributed by atoms with Gasteiger partial charge >= 0.3 is 0 Å². The zero-order valence-electron chi connectivity index (χ0n) is 19.5. The van der Waals surface area contributed by atoms with Gasteiger partial charge in [0.15, 0.2) is 12.5 Å². The first-order valence-electron chi connectivity index (χ1n) is 10.7. The van der Waals surface area contributed by atoms with Gasteiger partial charge in [-0.1, -0.05) is 44.2 Å². The maximum atomic E-state index is 9.97. The lowest BCUT2D eigenvalue weighted by Crippen LogP contribution is -2.13. The van der Waals surface area contributed by atoms with Crippen molar-refractivity contribution in [2.75, 3.05) is 12.4 Å². The third-order valence-electron chi connectivity index (χ3n) is 5.00. The van der Waals surface area contributed by atoms with Gasteiger partial charge in [-0.15, -0.1) is 5.48 Å². The number of hydroxylamine groups is 1. The number of H-pyrrole nitrogens is 1. The van der Waals surface area contributed by atoms with Crippen LogP contribution < -0.4 is 10.8 Å². The van der Waals surface area contributed by atoms with E-state index in [0.29, 0.717) is 11.5 Å². The first-order valence-corrected chi connectivity index (χ1v) is 11.1. The van der Waals surface area contributed by atoms with Gasteiger partial charge in [0.2, 0.25) is 5.90 Å². The summed E-state index contributed by atoms with van der Waals surface area (Å²) in [7, 11) is 3.67. The average molecular weight is 498 g/mol. The molecule has 186 valence electrons. The molecule has 4 aromatic rings. The third-order valence-corrected chi connectivity index (χ3v) is 5.45. The summed E-state index contributed by atoms with van der Waals surface area (Å²) in [6, 6.07) is 12.1. The van der Waals surface area contributed by atoms with E-state index in [9.17, 15) is 4.79 Å². The minimum Gasteiger partial charge on any atom is -0.391 e. The van der Waals surface area contributed by atoms with Crippen molar-refractivity contribution in [3.05, 3.63) is 76.7 Å². The summed E-state index contributed by atoms with van der Waals surface area (Å²) in [5.41, 5.74) is 7.79. The van der Waals surface area contributed by atoms with Gasteiger partial charge in [-0.2, -0.15) is 10.2 Å². The number of nitrogens with zero attached hydrogens (tertiary/aromatic N) is 4. The van der Waals surface area contributed by atoms with E-state index in [-0.39, 0.29) is 13.6 Å². The van der Waals surface area contributed by atoms with Crippen LogP contribution in [0, 0.1) is 0 Å². The van der Waals surface area contributed by atoms with E-state index >= 15 is 0 Å². The Morgan fingerprint density at radius 1 is 1.26 bits per heavy atom. The Morgan fingerprint density at radius 3 is 2.63 bits per heavy atom. The lowest BCUT2D eigenvalue weighted by atomic mass is 10.1. The monoisotopic (exact) mass is 497 g/mol. The summed E-state index contributed by atoms with van der Waals surface area (Å²) in [5.74, 6) is 0.671. The lowest BCUT2D eigenvalue weighted by Gasteiger charge is -2.08. The molecule has 9 nitrogen and oxygen atoms in total. The first-order chi connectivity index (χ1) is 16.4. The molecule has 0 fully saturated rings. The van der Waals surface area contributed by atoms with Crippen LogP contribution in [0.3, 0.4) is 0 Å². The number of anilines is 1. The Hall–Kier alpha value is -3.69. The van der Waals surface area contributed by atoms with E-state index in [4.69, 9.17) is 16.4 Å². The second-order valence-corrected chi connectivity index (χ2v) is 7.81. The highest BCUT2D eigenvalue weighted by atomic mass is 35.5. The Morgan fingerprint density at radius 2 is 2.06 bits per heavy atom. The highest BCUT2D eigenvalue weighted by Gasteiger charge is 2.17. The van der Waals surface area contributed by atoms with Crippen LogP contribution >= 0.6 is 11.6 Å². The number of hydrogen-bond acceptors (Lipinski definition) is 7. The van der Waals surface area contributed by atoms with E-state index in [0.717, 1.165) is 39.9 Å². The summed E-state index contributed by atoms with van der Waals surface area (Å²) in [5, 5.41) is 15.5. The molecule has 0 radical (unpaired) electrons. The van der Waals surface area contributed by atoms with Gasteiger partial charge in [0.25, 0.3) is 0 Å². The largest absolute Gasteiger partial charge is 0.391 e. The predicted molar refractivity (Wildman–Crippen MR) is 142 cm³/mol. The van der Waals surface area contributed by atoms with Crippen molar-refractivity contribution in [1.82, 2.24) is 25.5 Å². The standard InChI is InChI=1S/C10H13N3O.C9H9ClN2.C5H6N2O.CH4/c1-7-12-10(13-14-7)8-4-3-5-9(6-8)11-2;1-2-6-3-4-8-7(9(6)10)5-11-12-8;1-7-3-5(4-8)2-6-7;/h3-6,10-11,13H,1-2H3;3-5H,2H2,1H3,(H,11,12);2-4H,1H3;1H4. The second kappa shape index (κ2) is 13.3. The number of aldehydes is 1. The Balaban J connectivity index is 0.000000189. The molecule has 0 spiro atoms. The zero-order valence-corrected chi connectivity index (χ0v) is 20.3. The van der Waals surface area contributed by atoms with Gasteiger partial charge in [0.1, 0.15) is 0 Å². The average Bonchev–Trinajstić information content (AvgIpc) is 3.61. The number of aliphatic imine (C=N–C) groups is 1. The fourth-order valence-corrected chi connectivity index (χ4v) is 3.53. The van der Waals surface area contributed by atoms with Crippen molar-refractivity contribution in [3.8, 4) is 0 Å². The van der Waals surface area contributed by atoms with Gasteiger partial charge in [0, 0.05) is 38.3 Å². The maximum Gasteiger partial charge on any atom is 0.208 e. The summed E-state index contributed by atoms with van der Waals surface area (Å²) in [4.78, 5) is 19.3. The van der Waals surface area contributed by atoms with Crippen LogP contribution in [0.4, 0.5) is 5.69 Å². The minimum atomic E-state index is -0.0803. The quantitative estimate of drug-likeness (QED) is 0.329. The molecule has 1 aliphatic rings. The molecule has 1 unspecified atom stereocenters. The minimum absolute atomic E-state index is 0. The number of aryl methyl sites for hydroxylation is 2. The topological polar surface area (TPSA) is 109 Å². The Kier molecular flexibility index (Phi) is 10.4. The fourth-order valence-electron chi connectivity index (χ4n) is 3.18. The van der Waals surface area contributed by atoms with Crippen molar-refractivity contribution in [2.24, 2.45) is 12.0 Å². The zero-order chi connectivity index (χ0) is 24.5. The normalized spacial score (nSPS) is 13.9. The molecule has 0 saturated carbocycles. The van der Waals surface area contributed by atoms with Crippen LogP contribution in [-0.2, 0) is 18.3 Å². The number of hydrogen-bond donors (Lipinski definition) is 3. The smallest absolute Gasteiger partial charge is 0.208 e. The third kappa shape index (κ3) is 7.40. The van der Waals surface area contributed by atoms with Crippen molar-refractivity contribution < 1.29 is 9.63 Å². The van der Waals surface area contributed by atoms with Crippen LogP contribution in [-0.4, -0.2) is 39.2 Å². The van der Waals surface area contributed by atoms with E-state index < -0.39 is 0 Å². The number of carbonyl (C=O) groups is 1. The van der Waals surface area contributed by atoms with Gasteiger partial charge < -0.3 is 10.2 Å². The predicted octanol–water partition coefficient (Wildman–Crippen LogP) is 5.33. The summed E-state index contributed by atoms with van der Waals surface area (Å²) >= 11 is 6.12. The number of carbonyl (C=O) groups excluding carboxylic acids is 1. The molecule has 1 atom stereocenters. The summed E-state index contributed by atoms with van der Waals surface area (Å²) in [6.45, 7) is 3.92. The Labute approximate surface area is 210 Å². The van der Waals surface area contributed by atoms with Crippen LogP contribution in [0.15, 0.2) is 60.0 Å². The molecule has 0 aliphatic carbocycles. The Bertz CT molecular complexity index is 1270. The molecule has 1 aliphatic heterocycles. The van der Waals surface area contributed by atoms with E-state index in [1.807, 2.05) is 50.4 Å². The summed E-state index contributed by atoms with van der Waals surface area (Å²) in [6.07, 6.45) is 6.59. The second-order valence-electron chi connectivity index (χ2n) is 7.43. The number of aromatic nitrogens is 4. The molecule has 10 heteroatoms. The number of rotatable bonds is 4. The maximum absolute atomic E-state index is 9.97. The van der Waals surface area contributed by atoms with E-state index in [1.54, 1.807) is 24.1 Å². The van der Waals surface area contributed by atoms with Gasteiger partial charge in [-0.25, -0.2) is 4.99 Å². The highest BCUT2D eigenvalue weighted by Crippen LogP contribution is 2.26. The molecule has 3 heterocycles. The molecule has 0 saturated heterocycles. The molecule has 2 aromatic heterocycles.